The molecule has 0 aromatic rings. The highest BCUT2D eigenvalue weighted by molar-refractivity contribution is 5.95. The van der Waals surface area contributed by atoms with Crippen molar-refractivity contribution in [2.75, 3.05) is 14.1 Å². The van der Waals surface area contributed by atoms with Gasteiger partial charge in [0.1, 0.15) is 0 Å². The topological polar surface area (TPSA) is 91.5 Å². The first kappa shape index (κ1) is 11.8. The van der Waals surface area contributed by atoms with Gasteiger partial charge in [-0.2, -0.15) is 0 Å². The van der Waals surface area contributed by atoms with E-state index in [0.29, 0.717) is 0 Å². The molecule has 10 heavy (non-hydrogen) atoms. The van der Waals surface area contributed by atoms with Crippen LogP contribution in [0.25, 0.3) is 0 Å². The normalized spacial score (nSPS) is 10.0. The van der Waals surface area contributed by atoms with Gasteiger partial charge in [-0.15, -0.1) is 12.4 Å². The van der Waals surface area contributed by atoms with Crippen LogP contribution in [-0.2, 0) is 0 Å². The molecule has 0 fully saturated rings. The highest BCUT2D eigenvalue weighted by Crippen LogP contribution is 1.76. The van der Waals surface area contributed by atoms with E-state index in [0.717, 1.165) is 0 Å². The molecule has 0 bridgehead atoms. The Hall–Kier alpha value is -0.970. The van der Waals surface area contributed by atoms with E-state index >= 15 is 0 Å². The maximum absolute atomic E-state index is 6.88. The third kappa shape index (κ3) is 3.13. The van der Waals surface area contributed by atoms with Gasteiger partial charge in [-0.1, -0.05) is 0 Å². The zero-order valence-electron chi connectivity index (χ0n) is 5.96. The molecule has 0 rings (SSSR count). The van der Waals surface area contributed by atoms with Crippen LogP contribution in [0.4, 0.5) is 0 Å². The van der Waals surface area contributed by atoms with Crippen molar-refractivity contribution in [1.82, 2.24) is 4.90 Å². The predicted molar refractivity (Wildman–Crippen MR) is 44.5 cm³/mol. The highest BCUT2D eigenvalue weighted by atomic mass is 35.5. The summed E-state index contributed by atoms with van der Waals surface area (Å²) in [5.74, 6) is 0.126. The number of nitrogens with zero attached hydrogens (tertiary/aromatic N) is 2. The van der Waals surface area contributed by atoms with E-state index in [-0.39, 0.29) is 24.3 Å². The highest BCUT2D eigenvalue weighted by Gasteiger charge is 2.00. The first-order chi connectivity index (χ1) is 4.09. The number of halogens is 1. The Labute approximate surface area is 66.0 Å². The van der Waals surface area contributed by atoms with Crippen molar-refractivity contribution in [2.24, 2.45) is 16.5 Å². The van der Waals surface area contributed by atoms with Crippen LogP contribution >= 0.6 is 12.4 Å². The van der Waals surface area contributed by atoms with Crippen LogP contribution in [0, 0.1) is 5.41 Å². The second-order valence-corrected chi connectivity index (χ2v) is 1.53. The monoisotopic (exact) mass is 165 g/mol. The molecule has 0 amide bonds. The molecule has 0 aromatic carbocycles. The summed E-state index contributed by atoms with van der Waals surface area (Å²) < 4.78 is 0. The molecular formula is C4H12ClN5. The summed E-state index contributed by atoms with van der Waals surface area (Å²) in [6, 6.07) is 0. The van der Waals surface area contributed by atoms with Gasteiger partial charge in [0.25, 0.3) is 0 Å². The molecule has 6 heteroatoms. The summed E-state index contributed by atoms with van der Waals surface area (Å²) in [6.45, 7) is 0. The van der Waals surface area contributed by atoms with Gasteiger partial charge in [0.05, 0.1) is 0 Å². The lowest BCUT2D eigenvalue weighted by Crippen LogP contribution is -2.42. The molecule has 0 aromatic heterocycles. The molecule has 0 atom stereocenters. The standard InChI is InChI=1S/C4H11N5.ClH/c1-8-4(7)9(2)3(5)6;/h1-2H3,(H3,5,6)(H2,7,8);1H. The van der Waals surface area contributed by atoms with E-state index in [2.05, 4.69) is 4.99 Å². The molecule has 0 heterocycles. The van der Waals surface area contributed by atoms with Gasteiger partial charge < -0.3 is 11.5 Å². The van der Waals surface area contributed by atoms with Gasteiger partial charge in [-0.3, -0.25) is 15.3 Å². The Morgan fingerprint density at radius 1 is 1.50 bits per heavy atom. The molecule has 0 unspecified atom stereocenters. The lowest BCUT2D eigenvalue weighted by atomic mass is 10.7. The fourth-order valence-corrected chi connectivity index (χ4v) is 0.273. The Morgan fingerprint density at radius 2 is 1.90 bits per heavy atom. The Morgan fingerprint density at radius 3 is 2.00 bits per heavy atom. The van der Waals surface area contributed by atoms with Crippen LogP contribution in [-0.4, -0.2) is 30.9 Å². The number of nitrogens with two attached hydrogens (primary N) is 2. The van der Waals surface area contributed by atoms with Gasteiger partial charge in [0, 0.05) is 14.1 Å². The average molecular weight is 166 g/mol. The summed E-state index contributed by atoms with van der Waals surface area (Å²) in [5.41, 5.74) is 10.3. The Bertz CT molecular complexity index is 143. The smallest absolute Gasteiger partial charge is 0.197 e. The largest absolute Gasteiger partial charge is 0.370 e. The molecule has 5 N–H and O–H groups in total. The van der Waals surface area contributed by atoms with Crippen molar-refractivity contribution in [3.8, 4) is 0 Å². The molecule has 0 spiro atoms. The van der Waals surface area contributed by atoms with E-state index in [4.69, 9.17) is 16.9 Å². The van der Waals surface area contributed by atoms with E-state index in [1.165, 1.54) is 11.9 Å². The second kappa shape index (κ2) is 4.87. The summed E-state index contributed by atoms with van der Waals surface area (Å²) >= 11 is 0. The van der Waals surface area contributed by atoms with Crippen LogP contribution in [0.15, 0.2) is 4.99 Å². The third-order valence-electron chi connectivity index (χ3n) is 0.934. The number of hydrogen-bond acceptors (Lipinski definition) is 2. The number of nitrogens with one attached hydrogen (secondary N) is 1. The zero-order chi connectivity index (χ0) is 7.44. The minimum atomic E-state index is -0.113. The first-order valence-corrected chi connectivity index (χ1v) is 2.39. The van der Waals surface area contributed by atoms with Crippen LogP contribution in [0.3, 0.4) is 0 Å². The van der Waals surface area contributed by atoms with Gasteiger partial charge in [0.2, 0.25) is 0 Å². The predicted octanol–water partition coefficient (Wildman–Crippen LogP) is -0.822. The molecule has 0 saturated carbocycles. The van der Waals surface area contributed by atoms with Crippen molar-refractivity contribution in [3.05, 3.63) is 0 Å². The molecule has 60 valence electrons. The fraction of sp³-hybridized carbons (Fsp3) is 0.500. The van der Waals surface area contributed by atoms with Crippen molar-refractivity contribution in [3.63, 3.8) is 0 Å². The molecule has 0 saturated heterocycles. The van der Waals surface area contributed by atoms with Crippen LogP contribution < -0.4 is 11.5 Å². The molecule has 0 aliphatic carbocycles. The minimum Gasteiger partial charge on any atom is -0.370 e. The van der Waals surface area contributed by atoms with E-state index < -0.39 is 0 Å². The number of rotatable bonds is 0. The van der Waals surface area contributed by atoms with Gasteiger partial charge in [-0.05, 0) is 0 Å². The Balaban J connectivity index is 0. The Kier molecular flexibility index (Phi) is 5.73. The molecular weight excluding hydrogens is 154 g/mol. The van der Waals surface area contributed by atoms with Crippen molar-refractivity contribution in [2.45, 2.75) is 0 Å². The molecule has 0 aliphatic heterocycles. The SMILES string of the molecule is CN=C(N)N(C)C(=N)N.Cl. The maximum Gasteiger partial charge on any atom is 0.197 e. The lowest BCUT2D eigenvalue weighted by molar-refractivity contribution is 0.721. The summed E-state index contributed by atoms with van der Waals surface area (Å²) in [4.78, 5) is 4.89. The van der Waals surface area contributed by atoms with Crippen molar-refractivity contribution in [1.29, 1.82) is 5.41 Å². The zero-order valence-corrected chi connectivity index (χ0v) is 6.77. The second-order valence-electron chi connectivity index (χ2n) is 1.53. The average Bonchev–Trinajstić information content (AvgIpc) is 1.84. The van der Waals surface area contributed by atoms with E-state index in [9.17, 15) is 0 Å². The molecule has 0 radical (unpaired) electrons. The number of hydrogen-bond donors (Lipinski definition) is 3. The van der Waals surface area contributed by atoms with Gasteiger partial charge in [-0.25, -0.2) is 0 Å². The van der Waals surface area contributed by atoms with E-state index in [1.807, 2.05) is 0 Å². The minimum absolute atomic E-state index is 0. The van der Waals surface area contributed by atoms with Crippen molar-refractivity contribution >= 4 is 24.3 Å². The molecule has 5 nitrogen and oxygen atoms in total. The number of aliphatic imine (C=N–C) groups is 1. The van der Waals surface area contributed by atoms with Crippen LogP contribution in [0.2, 0.25) is 0 Å². The van der Waals surface area contributed by atoms with E-state index in [1.54, 1.807) is 7.05 Å². The van der Waals surface area contributed by atoms with Crippen LogP contribution in [0.1, 0.15) is 0 Å². The number of guanidine groups is 2. The maximum atomic E-state index is 6.88. The quantitative estimate of drug-likeness (QED) is 0.324. The third-order valence-corrected chi connectivity index (χ3v) is 0.934. The van der Waals surface area contributed by atoms with Gasteiger partial charge >= 0.3 is 0 Å². The fourth-order valence-electron chi connectivity index (χ4n) is 0.273. The summed E-state index contributed by atoms with van der Waals surface area (Å²) in [5, 5.41) is 6.88. The van der Waals surface area contributed by atoms with Gasteiger partial charge in [0.15, 0.2) is 11.9 Å². The molecule has 0 aliphatic rings. The summed E-state index contributed by atoms with van der Waals surface area (Å²) in [7, 11) is 3.11. The first-order valence-electron chi connectivity index (χ1n) is 2.39. The lowest BCUT2D eigenvalue weighted by Gasteiger charge is -2.13. The van der Waals surface area contributed by atoms with Crippen molar-refractivity contribution < 1.29 is 0 Å². The van der Waals surface area contributed by atoms with Crippen LogP contribution in [0.5, 0.6) is 0 Å². The summed E-state index contributed by atoms with van der Waals surface area (Å²) in [6.07, 6.45) is 0.